The molecular formula is C11H15NO3S. The Morgan fingerprint density at radius 3 is 2.81 bits per heavy atom. The number of aromatic carboxylic acids is 1. The van der Waals surface area contributed by atoms with Crippen molar-refractivity contribution in [1.82, 2.24) is 4.90 Å². The smallest absolute Gasteiger partial charge is 0.345 e. The maximum Gasteiger partial charge on any atom is 0.345 e. The van der Waals surface area contributed by atoms with Crippen molar-refractivity contribution in [2.24, 2.45) is 0 Å². The molecule has 5 heteroatoms. The normalized spacial score (nSPS) is 17.6. The summed E-state index contributed by atoms with van der Waals surface area (Å²) in [6.07, 6.45) is 0. The van der Waals surface area contributed by atoms with Crippen molar-refractivity contribution in [3.63, 3.8) is 0 Å². The van der Waals surface area contributed by atoms with E-state index in [0.29, 0.717) is 4.88 Å². The fourth-order valence-electron chi connectivity index (χ4n) is 1.78. The van der Waals surface area contributed by atoms with E-state index in [1.165, 1.54) is 11.3 Å². The number of carbonyl (C=O) groups is 1. The number of aryl methyl sites for hydroxylation is 1. The van der Waals surface area contributed by atoms with E-state index in [0.717, 1.165) is 43.3 Å². The van der Waals surface area contributed by atoms with Crippen molar-refractivity contribution in [3.8, 4) is 0 Å². The van der Waals surface area contributed by atoms with Crippen LogP contribution in [0.3, 0.4) is 0 Å². The maximum atomic E-state index is 10.8. The van der Waals surface area contributed by atoms with Crippen molar-refractivity contribution in [1.29, 1.82) is 0 Å². The summed E-state index contributed by atoms with van der Waals surface area (Å²) in [5.41, 5.74) is 1.13. The highest BCUT2D eigenvalue weighted by molar-refractivity contribution is 7.14. The molecule has 0 saturated carbocycles. The summed E-state index contributed by atoms with van der Waals surface area (Å²) >= 11 is 1.35. The first-order valence-electron chi connectivity index (χ1n) is 5.29. The zero-order valence-corrected chi connectivity index (χ0v) is 10.0. The number of thiophene rings is 1. The van der Waals surface area contributed by atoms with E-state index in [1.54, 1.807) is 6.07 Å². The zero-order chi connectivity index (χ0) is 11.5. The summed E-state index contributed by atoms with van der Waals surface area (Å²) < 4.78 is 5.28. The lowest BCUT2D eigenvalue weighted by Crippen LogP contribution is -2.35. The van der Waals surface area contributed by atoms with Crippen LogP contribution in [0.1, 0.15) is 20.1 Å². The van der Waals surface area contributed by atoms with E-state index < -0.39 is 5.97 Å². The molecular weight excluding hydrogens is 226 g/mol. The van der Waals surface area contributed by atoms with Crippen molar-refractivity contribution in [3.05, 3.63) is 21.4 Å². The van der Waals surface area contributed by atoms with Crippen LogP contribution in [0, 0.1) is 6.92 Å². The Bertz CT molecular complexity index is 383. The van der Waals surface area contributed by atoms with Crippen LogP contribution in [-0.2, 0) is 11.3 Å². The number of rotatable bonds is 3. The third-order valence-corrected chi connectivity index (χ3v) is 3.81. The van der Waals surface area contributed by atoms with Crippen LogP contribution in [-0.4, -0.2) is 42.3 Å². The van der Waals surface area contributed by atoms with Gasteiger partial charge in [-0.15, -0.1) is 11.3 Å². The second kappa shape index (κ2) is 4.95. The molecule has 1 aliphatic rings. The molecule has 2 heterocycles. The summed E-state index contributed by atoms with van der Waals surface area (Å²) in [4.78, 5) is 14.7. The minimum absolute atomic E-state index is 0.431. The van der Waals surface area contributed by atoms with E-state index in [9.17, 15) is 4.79 Å². The first-order valence-corrected chi connectivity index (χ1v) is 6.11. The van der Waals surface area contributed by atoms with Gasteiger partial charge in [0.2, 0.25) is 0 Å². The van der Waals surface area contributed by atoms with Gasteiger partial charge < -0.3 is 9.84 Å². The van der Waals surface area contributed by atoms with E-state index in [1.807, 2.05) is 6.92 Å². The molecule has 1 aromatic heterocycles. The molecule has 4 nitrogen and oxygen atoms in total. The number of morpholine rings is 1. The monoisotopic (exact) mass is 241 g/mol. The lowest BCUT2D eigenvalue weighted by atomic mass is 10.2. The first-order chi connectivity index (χ1) is 7.66. The standard InChI is InChI=1S/C11H15NO3S/c1-8-9(6-10(16-8)11(13)14)7-12-2-4-15-5-3-12/h6H,2-5,7H2,1H3,(H,13,14). The van der Waals surface area contributed by atoms with Crippen LogP contribution in [0.25, 0.3) is 0 Å². The lowest BCUT2D eigenvalue weighted by Gasteiger charge is -2.26. The number of hydrogen-bond donors (Lipinski definition) is 1. The third kappa shape index (κ3) is 2.61. The van der Waals surface area contributed by atoms with Gasteiger partial charge in [0.25, 0.3) is 0 Å². The highest BCUT2D eigenvalue weighted by Crippen LogP contribution is 2.23. The second-order valence-electron chi connectivity index (χ2n) is 3.89. The minimum atomic E-state index is -0.832. The van der Waals surface area contributed by atoms with Gasteiger partial charge in [0, 0.05) is 24.5 Å². The molecule has 0 spiro atoms. The molecule has 0 aromatic carbocycles. The molecule has 0 unspecified atom stereocenters. The van der Waals surface area contributed by atoms with Gasteiger partial charge in [0.05, 0.1) is 13.2 Å². The largest absolute Gasteiger partial charge is 0.477 e. The summed E-state index contributed by atoms with van der Waals surface area (Å²) in [7, 11) is 0. The van der Waals surface area contributed by atoms with Gasteiger partial charge in [-0.3, -0.25) is 4.90 Å². The van der Waals surface area contributed by atoms with Crippen LogP contribution in [0.15, 0.2) is 6.07 Å². The number of nitrogens with zero attached hydrogens (tertiary/aromatic N) is 1. The Labute approximate surface area is 98.4 Å². The molecule has 0 bridgehead atoms. The predicted molar refractivity (Wildman–Crippen MR) is 62.1 cm³/mol. The van der Waals surface area contributed by atoms with Gasteiger partial charge >= 0.3 is 5.97 Å². The summed E-state index contributed by atoms with van der Waals surface area (Å²) in [5.74, 6) is -0.832. The van der Waals surface area contributed by atoms with E-state index in [4.69, 9.17) is 9.84 Å². The molecule has 1 saturated heterocycles. The molecule has 2 rings (SSSR count). The van der Waals surface area contributed by atoms with Crippen molar-refractivity contribution >= 4 is 17.3 Å². The Morgan fingerprint density at radius 2 is 2.25 bits per heavy atom. The minimum Gasteiger partial charge on any atom is -0.477 e. The van der Waals surface area contributed by atoms with Gasteiger partial charge in [-0.05, 0) is 18.6 Å². The molecule has 0 aliphatic carbocycles. The average Bonchev–Trinajstić information content (AvgIpc) is 2.62. The molecule has 1 N–H and O–H groups in total. The van der Waals surface area contributed by atoms with Gasteiger partial charge in [-0.1, -0.05) is 0 Å². The molecule has 0 radical (unpaired) electrons. The Morgan fingerprint density at radius 1 is 1.56 bits per heavy atom. The molecule has 1 aromatic rings. The number of carboxylic acids is 1. The molecule has 0 atom stereocenters. The lowest BCUT2D eigenvalue weighted by molar-refractivity contribution is 0.0341. The van der Waals surface area contributed by atoms with Crippen LogP contribution in [0.2, 0.25) is 0 Å². The third-order valence-electron chi connectivity index (χ3n) is 2.73. The van der Waals surface area contributed by atoms with Gasteiger partial charge in [0.1, 0.15) is 4.88 Å². The fraction of sp³-hybridized carbons (Fsp3) is 0.545. The fourth-order valence-corrected chi connectivity index (χ4v) is 2.66. The first kappa shape index (κ1) is 11.6. The van der Waals surface area contributed by atoms with E-state index in [2.05, 4.69) is 4.90 Å². The Hall–Kier alpha value is -0.910. The van der Waals surface area contributed by atoms with Gasteiger partial charge in [0.15, 0.2) is 0 Å². The molecule has 16 heavy (non-hydrogen) atoms. The maximum absolute atomic E-state index is 10.8. The highest BCUT2D eigenvalue weighted by Gasteiger charge is 2.15. The quantitative estimate of drug-likeness (QED) is 0.873. The Kier molecular flexibility index (Phi) is 3.58. The van der Waals surface area contributed by atoms with Crippen molar-refractivity contribution in [2.75, 3.05) is 26.3 Å². The SMILES string of the molecule is Cc1sc(C(=O)O)cc1CN1CCOCC1. The van der Waals surface area contributed by atoms with E-state index >= 15 is 0 Å². The predicted octanol–water partition coefficient (Wildman–Crippen LogP) is 1.59. The Balaban J connectivity index is 2.05. The molecule has 0 amide bonds. The average molecular weight is 241 g/mol. The topological polar surface area (TPSA) is 49.8 Å². The molecule has 1 fully saturated rings. The van der Waals surface area contributed by atoms with Crippen LogP contribution in [0.4, 0.5) is 0 Å². The van der Waals surface area contributed by atoms with Crippen molar-refractivity contribution < 1.29 is 14.6 Å². The number of hydrogen-bond acceptors (Lipinski definition) is 4. The molecule has 1 aliphatic heterocycles. The van der Waals surface area contributed by atoms with Crippen molar-refractivity contribution in [2.45, 2.75) is 13.5 Å². The summed E-state index contributed by atoms with van der Waals surface area (Å²) in [5, 5.41) is 8.91. The van der Waals surface area contributed by atoms with E-state index in [-0.39, 0.29) is 0 Å². The number of ether oxygens (including phenoxy) is 1. The molecule has 88 valence electrons. The summed E-state index contributed by atoms with van der Waals surface area (Å²) in [6.45, 7) is 6.21. The van der Waals surface area contributed by atoms with Crippen LogP contribution >= 0.6 is 11.3 Å². The summed E-state index contributed by atoms with van der Waals surface area (Å²) in [6, 6.07) is 1.79. The van der Waals surface area contributed by atoms with Gasteiger partial charge in [-0.2, -0.15) is 0 Å². The highest BCUT2D eigenvalue weighted by atomic mass is 32.1. The van der Waals surface area contributed by atoms with Crippen LogP contribution < -0.4 is 0 Å². The number of carboxylic acid groups (broad SMARTS) is 1. The van der Waals surface area contributed by atoms with Gasteiger partial charge in [-0.25, -0.2) is 4.79 Å². The van der Waals surface area contributed by atoms with Crippen LogP contribution in [0.5, 0.6) is 0 Å². The zero-order valence-electron chi connectivity index (χ0n) is 9.23. The second-order valence-corrected chi connectivity index (χ2v) is 5.14.